The molecule has 0 aliphatic heterocycles. The van der Waals surface area contributed by atoms with Gasteiger partial charge in [0.1, 0.15) is 5.52 Å². The third-order valence-corrected chi connectivity index (χ3v) is 3.92. The molecule has 1 heterocycles. The molecule has 0 bridgehead atoms. The number of hydrogen-bond donors (Lipinski definition) is 1. The number of fused-ring (bicyclic) bond motifs is 1. The van der Waals surface area contributed by atoms with Crippen LogP contribution in [0.25, 0.3) is 11.1 Å². The van der Waals surface area contributed by atoms with Crippen LogP contribution in [0.5, 0.6) is 0 Å². The number of aromatic nitrogens is 1. The predicted octanol–water partition coefficient (Wildman–Crippen LogP) is 3.31. The number of hydrogen-bond acceptors (Lipinski definition) is 3. The first-order chi connectivity index (χ1) is 8.83. The second-order valence-electron chi connectivity index (χ2n) is 5.24. The molecule has 1 aliphatic carbocycles. The van der Waals surface area contributed by atoms with E-state index in [1.54, 1.807) is 0 Å². The van der Waals surface area contributed by atoms with Crippen LogP contribution in [0.1, 0.15) is 38.0 Å². The summed E-state index contributed by atoms with van der Waals surface area (Å²) in [4.78, 5) is 4.42. The lowest BCUT2D eigenvalue weighted by molar-refractivity contribution is 0.0797. The fraction of sp³-hybridized carbons (Fsp3) is 0.533. The molecule has 1 aromatic carbocycles. The lowest BCUT2D eigenvalue weighted by atomic mass is 9.84. The van der Waals surface area contributed by atoms with Gasteiger partial charge in [0.05, 0.1) is 12.5 Å². The maximum Gasteiger partial charge on any atom is 0.198 e. The van der Waals surface area contributed by atoms with E-state index in [0.29, 0.717) is 18.2 Å². The van der Waals surface area contributed by atoms with Crippen molar-refractivity contribution < 1.29 is 9.52 Å². The number of oxazole rings is 1. The third-order valence-electron chi connectivity index (χ3n) is 3.92. The molecule has 96 valence electrons. The van der Waals surface area contributed by atoms with Crippen molar-refractivity contribution >= 4 is 11.1 Å². The van der Waals surface area contributed by atoms with Crippen LogP contribution in [0.15, 0.2) is 28.7 Å². The van der Waals surface area contributed by atoms with Crippen LogP contribution in [-0.4, -0.2) is 16.2 Å². The van der Waals surface area contributed by atoms with Crippen LogP contribution >= 0.6 is 0 Å². The van der Waals surface area contributed by atoms with Gasteiger partial charge >= 0.3 is 0 Å². The van der Waals surface area contributed by atoms with Crippen LogP contribution in [0.3, 0.4) is 0 Å². The van der Waals surface area contributed by atoms with Gasteiger partial charge in [0.2, 0.25) is 0 Å². The minimum absolute atomic E-state index is 0.307. The summed E-state index contributed by atoms with van der Waals surface area (Å²) >= 11 is 0. The SMILES string of the molecule is OC(Cc1nc2ccccc2o1)C1CCCCC1. The Labute approximate surface area is 107 Å². The Bertz CT molecular complexity index is 481. The predicted molar refractivity (Wildman–Crippen MR) is 70.3 cm³/mol. The van der Waals surface area contributed by atoms with Gasteiger partial charge in [-0.05, 0) is 30.9 Å². The zero-order valence-electron chi connectivity index (χ0n) is 10.5. The highest BCUT2D eigenvalue weighted by Crippen LogP contribution is 2.28. The highest BCUT2D eigenvalue weighted by Gasteiger charge is 2.23. The molecule has 1 aromatic heterocycles. The molecule has 18 heavy (non-hydrogen) atoms. The Hall–Kier alpha value is -1.35. The number of nitrogens with zero attached hydrogens (tertiary/aromatic N) is 1. The average molecular weight is 245 g/mol. The number of rotatable bonds is 3. The van der Waals surface area contributed by atoms with Gasteiger partial charge in [-0.15, -0.1) is 0 Å². The van der Waals surface area contributed by atoms with Gasteiger partial charge in [-0.1, -0.05) is 31.4 Å². The summed E-state index contributed by atoms with van der Waals surface area (Å²) in [6.07, 6.45) is 6.32. The molecule has 1 saturated carbocycles. The van der Waals surface area contributed by atoms with E-state index in [9.17, 15) is 5.11 Å². The first-order valence-corrected chi connectivity index (χ1v) is 6.85. The van der Waals surface area contributed by atoms with Crippen molar-refractivity contribution in [2.24, 2.45) is 5.92 Å². The molecule has 0 spiro atoms. The number of aliphatic hydroxyl groups excluding tert-OH is 1. The molecular weight excluding hydrogens is 226 g/mol. The molecule has 0 radical (unpaired) electrons. The minimum Gasteiger partial charge on any atom is -0.441 e. The summed E-state index contributed by atoms with van der Waals surface area (Å²) in [5.41, 5.74) is 1.69. The van der Waals surface area contributed by atoms with Gasteiger partial charge in [0.25, 0.3) is 0 Å². The topological polar surface area (TPSA) is 46.3 Å². The molecule has 2 aromatic rings. The summed E-state index contributed by atoms with van der Waals surface area (Å²) in [6.45, 7) is 0. The molecule has 3 heteroatoms. The van der Waals surface area contributed by atoms with E-state index in [1.807, 2.05) is 24.3 Å². The summed E-state index contributed by atoms with van der Waals surface area (Å²) < 4.78 is 5.66. The second kappa shape index (κ2) is 5.11. The van der Waals surface area contributed by atoms with Crippen molar-refractivity contribution in [3.05, 3.63) is 30.2 Å². The average Bonchev–Trinajstić information content (AvgIpc) is 2.82. The van der Waals surface area contributed by atoms with Crippen LogP contribution in [-0.2, 0) is 6.42 Å². The van der Waals surface area contributed by atoms with E-state index >= 15 is 0 Å². The van der Waals surface area contributed by atoms with Crippen molar-refractivity contribution in [1.82, 2.24) is 4.98 Å². The maximum atomic E-state index is 10.3. The fourth-order valence-corrected chi connectivity index (χ4v) is 2.87. The van der Waals surface area contributed by atoms with Gasteiger partial charge < -0.3 is 9.52 Å². The third kappa shape index (κ3) is 2.41. The van der Waals surface area contributed by atoms with E-state index in [1.165, 1.54) is 19.3 Å². The number of benzene rings is 1. The Balaban J connectivity index is 1.71. The van der Waals surface area contributed by atoms with Crippen molar-refractivity contribution in [2.75, 3.05) is 0 Å². The summed E-state index contributed by atoms with van der Waals surface area (Å²) in [6, 6.07) is 7.75. The Morgan fingerprint density at radius 3 is 2.78 bits per heavy atom. The lowest BCUT2D eigenvalue weighted by Gasteiger charge is -2.25. The van der Waals surface area contributed by atoms with Gasteiger partial charge in [0.15, 0.2) is 11.5 Å². The summed E-state index contributed by atoms with van der Waals surface area (Å²) in [5.74, 6) is 1.09. The van der Waals surface area contributed by atoms with Gasteiger partial charge in [-0.2, -0.15) is 0 Å². The van der Waals surface area contributed by atoms with Crippen molar-refractivity contribution in [3.8, 4) is 0 Å². The van der Waals surface area contributed by atoms with Crippen LogP contribution in [0.2, 0.25) is 0 Å². The quantitative estimate of drug-likeness (QED) is 0.902. The van der Waals surface area contributed by atoms with E-state index in [4.69, 9.17) is 4.42 Å². The van der Waals surface area contributed by atoms with Crippen molar-refractivity contribution in [1.29, 1.82) is 0 Å². The van der Waals surface area contributed by atoms with Crippen molar-refractivity contribution in [3.63, 3.8) is 0 Å². The standard InChI is InChI=1S/C15H19NO2/c17-13(11-6-2-1-3-7-11)10-15-16-12-8-4-5-9-14(12)18-15/h4-5,8-9,11,13,17H,1-3,6-7,10H2. The molecule has 0 saturated heterocycles. The zero-order valence-corrected chi connectivity index (χ0v) is 10.5. The van der Waals surface area contributed by atoms with E-state index in [2.05, 4.69) is 4.98 Å². The van der Waals surface area contributed by atoms with E-state index < -0.39 is 0 Å². The normalized spacial score (nSPS) is 19.2. The largest absolute Gasteiger partial charge is 0.441 e. The first-order valence-electron chi connectivity index (χ1n) is 6.85. The van der Waals surface area contributed by atoms with Crippen LogP contribution in [0.4, 0.5) is 0 Å². The summed E-state index contributed by atoms with van der Waals surface area (Å²) in [7, 11) is 0. The van der Waals surface area contributed by atoms with E-state index in [-0.39, 0.29) is 6.10 Å². The molecule has 1 N–H and O–H groups in total. The maximum absolute atomic E-state index is 10.3. The van der Waals surface area contributed by atoms with E-state index in [0.717, 1.165) is 23.9 Å². The molecule has 1 aliphatic rings. The smallest absolute Gasteiger partial charge is 0.198 e. The molecule has 0 amide bonds. The number of aliphatic hydroxyl groups is 1. The van der Waals surface area contributed by atoms with Gasteiger partial charge in [0, 0.05) is 0 Å². The molecule has 1 atom stereocenters. The second-order valence-corrected chi connectivity index (χ2v) is 5.24. The molecular formula is C15H19NO2. The molecule has 1 unspecified atom stereocenters. The zero-order chi connectivity index (χ0) is 12.4. The minimum atomic E-state index is -0.307. The fourth-order valence-electron chi connectivity index (χ4n) is 2.87. The number of para-hydroxylation sites is 2. The Morgan fingerprint density at radius 1 is 1.22 bits per heavy atom. The van der Waals surface area contributed by atoms with Crippen LogP contribution in [0, 0.1) is 5.92 Å². The highest BCUT2D eigenvalue weighted by atomic mass is 16.4. The molecule has 3 rings (SSSR count). The highest BCUT2D eigenvalue weighted by molar-refractivity contribution is 5.72. The van der Waals surface area contributed by atoms with Gasteiger partial charge in [-0.3, -0.25) is 0 Å². The Morgan fingerprint density at radius 2 is 2.00 bits per heavy atom. The van der Waals surface area contributed by atoms with Gasteiger partial charge in [-0.25, -0.2) is 4.98 Å². The molecule has 1 fully saturated rings. The lowest BCUT2D eigenvalue weighted by Crippen LogP contribution is -2.25. The van der Waals surface area contributed by atoms with Crippen molar-refractivity contribution in [2.45, 2.75) is 44.6 Å². The molecule has 3 nitrogen and oxygen atoms in total. The van der Waals surface area contributed by atoms with Crippen LogP contribution < -0.4 is 0 Å². The summed E-state index contributed by atoms with van der Waals surface area (Å²) in [5, 5.41) is 10.3. The monoisotopic (exact) mass is 245 g/mol. The first kappa shape index (κ1) is 11.7. The Kier molecular flexibility index (Phi) is 3.33.